The Morgan fingerprint density at radius 2 is 1.95 bits per heavy atom. The molecule has 0 radical (unpaired) electrons. The van der Waals surface area contributed by atoms with E-state index in [2.05, 4.69) is 0 Å². The molecule has 2 aromatic carbocycles. The summed E-state index contributed by atoms with van der Waals surface area (Å²) in [6.45, 7) is 1.58. The minimum Gasteiger partial charge on any atom is -0.479 e. The number of halogens is 2. The van der Waals surface area contributed by atoms with Gasteiger partial charge in [-0.2, -0.15) is 0 Å². The van der Waals surface area contributed by atoms with Gasteiger partial charge < -0.3 is 4.74 Å². The van der Waals surface area contributed by atoms with E-state index in [9.17, 15) is 9.18 Å². The molecule has 0 fully saturated rings. The molecule has 1 atom stereocenters. The zero-order valence-corrected chi connectivity index (χ0v) is 11.0. The molecule has 2 nitrogen and oxygen atoms in total. The number of para-hydroxylation sites is 1. The number of benzene rings is 2. The van der Waals surface area contributed by atoms with Crippen LogP contribution in [-0.4, -0.2) is 11.9 Å². The van der Waals surface area contributed by atoms with Crippen LogP contribution in [0.1, 0.15) is 17.3 Å². The molecule has 0 saturated carbocycles. The van der Waals surface area contributed by atoms with Crippen molar-refractivity contribution in [3.8, 4) is 5.75 Å². The van der Waals surface area contributed by atoms with E-state index >= 15 is 0 Å². The number of ether oxygens (including phenoxy) is 1. The van der Waals surface area contributed by atoms with E-state index in [1.165, 1.54) is 12.1 Å². The first-order valence-corrected chi connectivity index (χ1v) is 6.16. The smallest absolute Gasteiger partial charge is 0.203 e. The van der Waals surface area contributed by atoms with Crippen molar-refractivity contribution in [3.63, 3.8) is 0 Å². The lowest BCUT2D eigenvalue weighted by atomic mass is 10.1. The van der Waals surface area contributed by atoms with Crippen molar-refractivity contribution >= 4 is 17.4 Å². The maximum Gasteiger partial charge on any atom is 0.203 e. The molecule has 0 saturated heterocycles. The Morgan fingerprint density at radius 3 is 2.63 bits per heavy atom. The van der Waals surface area contributed by atoms with Crippen LogP contribution in [0.2, 0.25) is 5.02 Å². The van der Waals surface area contributed by atoms with E-state index in [4.69, 9.17) is 16.3 Å². The Morgan fingerprint density at radius 1 is 1.21 bits per heavy atom. The summed E-state index contributed by atoms with van der Waals surface area (Å²) >= 11 is 5.83. The fourth-order valence-corrected chi connectivity index (χ4v) is 1.85. The lowest BCUT2D eigenvalue weighted by molar-refractivity contribution is 0.0812. The first kappa shape index (κ1) is 13.6. The number of ketones is 1. The van der Waals surface area contributed by atoms with Crippen LogP contribution in [0.15, 0.2) is 48.5 Å². The maximum absolute atomic E-state index is 13.4. The number of Topliss-reactive ketones (excluding diaryl/α,β-unsaturated/α-hetero) is 1. The second-order valence-corrected chi connectivity index (χ2v) is 4.50. The van der Waals surface area contributed by atoms with Crippen molar-refractivity contribution in [2.75, 3.05) is 0 Å². The van der Waals surface area contributed by atoms with Gasteiger partial charge in [0.15, 0.2) is 17.7 Å². The SMILES string of the molecule is CC(Oc1ccccc1F)C(=O)c1cccc(Cl)c1. The number of carbonyl (C=O) groups is 1. The second kappa shape index (κ2) is 5.85. The molecule has 0 aliphatic carbocycles. The van der Waals surface area contributed by atoms with Crippen LogP contribution in [0.3, 0.4) is 0 Å². The van der Waals surface area contributed by atoms with E-state index in [0.717, 1.165) is 0 Å². The molecule has 2 aromatic rings. The molecule has 19 heavy (non-hydrogen) atoms. The molecule has 0 bridgehead atoms. The number of carbonyl (C=O) groups excluding carboxylic acids is 1. The zero-order valence-electron chi connectivity index (χ0n) is 10.3. The van der Waals surface area contributed by atoms with Crippen molar-refractivity contribution in [2.45, 2.75) is 13.0 Å². The van der Waals surface area contributed by atoms with Gasteiger partial charge in [0.25, 0.3) is 0 Å². The summed E-state index contributed by atoms with van der Waals surface area (Å²) in [6.07, 6.45) is -0.782. The molecule has 1 unspecified atom stereocenters. The van der Waals surface area contributed by atoms with Gasteiger partial charge in [0.05, 0.1) is 0 Å². The number of hydrogen-bond donors (Lipinski definition) is 0. The minimum absolute atomic E-state index is 0.0605. The van der Waals surface area contributed by atoms with Gasteiger partial charge >= 0.3 is 0 Å². The van der Waals surface area contributed by atoms with Crippen LogP contribution in [0, 0.1) is 5.82 Å². The maximum atomic E-state index is 13.4. The summed E-state index contributed by atoms with van der Waals surface area (Å²) in [5.74, 6) is -0.677. The van der Waals surface area contributed by atoms with E-state index in [1.807, 2.05) is 0 Å². The van der Waals surface area contributed by atoms with Crippen molar-refractivity contribution in [1.29, 1.82) is 0 Å². The van der Waals surface area contributed by atoms with Gasteiger partial charge in [-0.3, -0.25) is 4.79 Å². The highest BCUT2D eigenvalue weighted by Gasteiger charge is 2.18. The predicted molar refractivity (Wildman–Crippen MR) is 72.3 cm³/mol. The Bertz CT molecular complexity index is 598. The molecule has 2 rings (SSSR count). The van der Waals surface area contributed by atoms with Crippen molar-refractivity contribution in [3.05, 3.63) is 64.9 Å². The molecule has 0 heterocycles. The summed E-state index contributed by atoms with van der Waals surface area (Å²) < 4.78 is 18.8. The molecular weight excluding hydrogens is 267 g/mol. The summed E-state index contributed by atoms with van der Waals surface area (Å²) in [6, 6.07) is 12.6. The van der Waals surface area contributed by atoms with Crippen molar-refractivity contribution < 1.29 is 13.9 Å². The first-order valence-electron chi connectivity index (χ1n) is 5.79. The van der Waals surface area contributed by atoms with Crippen LogP contribution >= 0.6 is 11.6 Å². The Labute approximate surface area is 115 Å². The molecule has 4 heteroatoms. The third-order valence-electron chi connectivity index (χ3n) is 2.62. The van der Waals surface area contributed by atoms with Gasteiger partial charge in [-0.05, 0) is 31.2 Å². The molecule has 0 spiro atoms. The van der Waals surface area contributed by atoms with Gasteiger partial charge in [-0.25, -0.2) is 4.39 Å². The summed E-state index contributed by atoms with van der Waals surface area (Å²) in [7, 11) is 0. The van der Waals surface area contributed by atoms with Crippen LogP contribution in [0.4, 0.5) is 4.39 Å². The standard InChI is InChI=1S/C15H12ClFO2/c1-10(19-14-8-3-2-7-13(14)17)15(18)11-5-4-6-12(16)9-11/h2-10H,1H3. The van der Waals surface area contributed by atoms with E-state index in [-0.39, 0.29) is 11.5 Å². The van der Waals surface area contributed by atoms with Crippen LogP contribution < -0.4 is 4.74 Å². The topological polar surface area (TPSA) is 26.3 Å². The van der Waals surface area contributed by atoms with Gasteiger partial charge in [0, 0.05) is 10.6 Å². The van der Waals surface area contributed by atoms with Gasteiger partial charge in [0.2, 0.25) is 5.78 Å². The lowest BCUT2D eigenvalue weighted by Crippen LogP contribution is -2.24. The van der Waals surface area contributed by atoms with Crippen molar-refractivity contribution in [2.24, 2.45) is 0 Å². The molecule has 0 aliphatic heterocycles. The van der Waals surface area contributed by atoms with Crippen LogP contribution in [0.25, 0.3) is 0 Å². The van der Waals surface area contributed by atoms with E-state index in [1.54, 1.807) is 43.3 Å². The number of rotatable bonds is 4. The normalized spacial score (nSPS) is 11.9. The quantitative estimate of drug-likeness (QED) is 0.786. The third kappa shape index (κ3) is 3.32. The van der Waals surface area contributed by atoms with Gasteiger partial charge in [-0.1, -0.05) is 35.9 Å². The number of hydrogen-bond acceptors (Lipinski definition) is 2. The zero-order chi connectivity index (χ0) is 13.8. The fourth-order valence-electron chi connectivity index (χ4n) is 1.66. The molecule has 0 aliphatic rings. The summed E-state index contributed by atoms with van der Waals surface area (Å²) in [5.41, 5.74) is 0.441. The third-order valence-corrected chi connectivity index (χ3v) is 2.85. The van der Waals surface area contributed by atoms with Gasteiger partial charge in [-0.15, -0.1) is 0 Å². The van der Waals surface area contributed by atoms with Crippen molar-refractivity contribution in [1.82, 2.24) is 0 Å². The van der Waals surface area contributed by atoms with Gasteiger partial charge in [0.1, 0.15) is 0 Å². The average Bonchev–Trinajstić information content (AvgIpc) is 2.40. The molecule has 98 valence electrons. The Balaban J connectivity index is 2.14. The highest BCUT2D eigenvalue weighted by atomic mass is 35.5. The average molecular weight is 279 g/mol. The lowest BCUT2D eigenvalue weighted by Gasteiger charge is -2.14. The Kier molecular flexibility index (Phi) is 4.17. The molecule has 0 amide bonds. The molecule has 0 aromatic heterocycles. The molecular formula is C15H12ClFO2. The minimum atomic E-state index is -0.782. The largest absolute Gasteiger partial charge is 0.479 e. The highest BCUT2D eigenvalue weighted by molar-refractivity contribution is 6.31. The second-order valence-electron chi connectivity index (χ2n) is 4.07. The monoisotopic (exact) mass is 278 g/mol. The highest BCUT2D eigenvalue weighted by Crippen LogP contribution is 2.19. The first-order chi connectivity index (χ1) is 9.08. The summed E-state index contributed by atoms with van der Waals surface area (Å²) in [5, 5.41) is 0.476. The van der Waals surface area contributed by atoms with E-state index in [0.29, 0.717) is 10.6 Å². The summed E-state index contributed by atoms with van der Waals surface area (Å²) in [4.78, 5) is 12.1. The molecule has 0 N–H and O–H groups in total. The Hall–Kier alpha value is -1.87. The fraction of sp³-hybridized carbons (Fsp3) is 0.133. The van der Waals surface area contributed by atoms with E-state index < -0.39 is 11.9 Å². The van der Waals surface area contributed by atoms with Crippen LogP contribution in [-0.2, 0) is 0 Å². The predicted octanol–water partition coefficient (Wildman–Crippen LogP) is 4.13. The van der Waals surface area contributed by atoms with Crippen LogP contribution in [0.5, 0.6) is 5.75 Å².